The maximum Gasteiger partial charge on any atom is 0.126 e. The molecule has 2 nitrogen and oxygen atoms in total. The van der Waals surface area contributed by atoms with Crippen molar-refractivity contribution in [3.8, 4) is 5.75 Å². The first-order valence-electron chi connectivity index (χ1n) is 6.48. The summed E-state index contributed by atoms with van der Waals surface area (Å²) in [6.07, 6.45) is 4.02. The lowest BCUT2D eigenvalue weighted by Crippen LogP contribution is -2.18. The van der Waals surface area contributed by atoms with Crippen LogP contribution in [0.5, 0.6) is 5.75 Å². The molecule has 0 spiro atoms. The fourth-order valence-electron chi connectivity index (χ4n) is 2.44. The summed E-state index contributed by atoms with van der Waals surface area (Å²) < 4.78 is 5.60. The highest BCUT2D eigenvalue weighted by molar-refractivity contribution is 5.46. The molecule has 0 aromatic heterocycles. The Balaban J connectivity index is 2.30. The van der Waals surface area contributed by atoms with Gasteiger partial charge in [0.2, 0.25) is 0 Å². The lowest BCUT2D eigenvalue weighted by atomic mass is 9.96. The molecule has 1 atom stereocenters. The van der Waals surface area contributed by atoms with E-state index < -0.39 is 0 Å². The average molecular weight is 233 g/mol. The molecule has 0 amide bonds. The highest BCUT2D eigenvalue weighted by Crippen LogP contribution is 2.40. The molecular weight excluding hydrogens is 210 g/mol. The van der Waals surface area contributed by atoms with Crippen molar-refractivity contribution in [3.05, 3.63) is 28.8 Å². The summed E-state index contributed by atoms with van der Waals surface area (Å²) >= 11 is 0. The Bertz CT molecular complexity index is 396. The summed E-state index contributed by atoms with van der Waals surface area (Å²) in [7, 11) is 3.82. The second kappa shape index (κ2) is 5.09. The Morgan fingerprint density at radius 2 is 2.06 bits per heavy atom. The van der Waals surface area contributed by atoms with Gasteiger partial charge in [-0.25, -0.2) is 0 Å². The van der Waals surface area contributed by atoms with E-state index in [1.807, 2.05) is 7.05 Å². The van der Waals surface area contributed by atoms with Gasteiger partial charge in [0.25, 0.3) is 0 Å². The van der Waals surface area contributed by atoms with Gasteiger partial charge in [-0.05, 0) is 44.4 Å². The molecule has 0 bridgehead atoms. The molecule has 0 radical (unpaired) electrons. The number of ether oxygens (including phenoxy) is 1. The quantitative estimate of drug-likeness (QED) is 0.842. The van der Waals surface area contributed by atoms with Gasteiger partial charge in [-0.1, -0.05) is 25.0 Å². The van der Waals surface area contributed by atoms with Crippen LogP contribution in [0.2, 0.25) is 0 Å². The fraction of sp³-hybridized carbons (Fsp3) is 0.600. The molecule has 1 aliphatic rings. The lowest BCUT2D eigenvalue weighted by Gasteiger charge is -2.21. The first-order chi connectivity index (χ1) is 8.17. The van der Waals surface area contributed by atoms with Crippen LogP contribution >= 0.6 is 0 Å². The molecule has 1 aromatic rings. The van der Waals surface area contributed by atoms with Crippen molar-refractivity contribution in [2.45, 2.75) is 39.2 Å². The van der Waals surface area contributed by atoms with Crippen LogP contribution in [0.25, 0.3) is 0 Å². The molecule has 0 aliphatic heterocycles. The average Bonchev–Trinajstić information content (AvgIpc) is 3.13. The molecule has 2 rings (SSSR count). The first-order valence-corrected chi connectivity index (χ1v) is 6.48. The van der Waals surface area contributed by atoms with Crippen molar-refractivity contribution in [1.82, 2.24) is 5.32 Å². The molecule has 0 heterocycles. The van der Waals surface area contributed by atoms with Crippen molar-refractivity contribution in [1.29, 1.82) is 0 Å². The largest absolute Gasteiger partial charge is 0.496 e. The summed E-state index contributed by atoms with van der Waals surface area (Å²) in [6, 6.07) is 4.84. The van der Waals surface area contributed by atoms with Gasteiger partial charge in [-0.2, -0.15) is 0 Å². The molecule has 1 aliphatic carbocycles. The van der Waals surface area contributed by atoms with Gasteiger partial charge in [0.15, 0.2) is 0 Å². The SMILES string of the molecule is CNC(CC1CC1)c1ccc(C)c(C)c1OC. The number of nitrogens with one attached hydrogen (secondary N) is 1. The predicted octanol–water partition coefficient (Wildman–Crippen LogP) is 3.37. The van der Waals surface area contributed by atoms with E-state index in [0.717, 1.165) is 11.7 Å². The summed E-state index contributed by atoms with van der Waals surface area (Å²) in [5.74, 6) is 1.98. The van der Waals surface area contributed by atoms with Crippen molar-refractivity contribution >= 4 is 0 Å². The smallest absolute Gasteiger partial charge is 0.126 e. The van der Waals surface area contributed by atoms with Crippen LogP contribution in [0.15, 0.2) is 12.1 Å². The van der Waals surface area contributed by atoms with E-state index in [0.29, 0.717) is 6.04 Å². The van der Waals surface area contributed by atoms with E-state index in [-0.39, 0.29) is 0 Å². The predicted molar refractivity (Wildman–Crippen MR) is 71.6 cm³/mol. The third-order valence-electron chi connectivity index (χ3n) is 3.90. The molecule has 2 heteroatoms. The number of aryl methyl sites for hydroxylation is 1. The highest BCUT2D eigenvalue weighted by atomic mass is 16.5. The van der Waals surface area contributed by atoms with Gasteiger partial charge in [-0.3, -0.25) is 0 Å². The molecule has 17 heavy (non-hydrogen) atoms. The number of rotatable bonds is 5. The van der Waals surface area contributed by atoms with E-state index in [1.54, 1.807) is 7.11 Å². The number of methoxy groups -OCH3 is 1. The molecule has 1 fully saturated rings. The number of benzene rings is 1. The van der Waals surface area contributed by atoms with E-state index in [2.05, 4.69) is 31.3 Å². The second-order valence-electron chi connectivity index (χ2n) is 5.15. The second-order valence-corrected chi connectivity index (χ2v) is 5.15. The van der Waals surface area contributed by atoms with Gasteiger partial charge in [0, 0.05) is 11.6 Å². The Morgan fingerprint density at radius 1 is 1.35 bits per heavy atom. The summed E-state index contributed by atoms with van der Waals surface area (Å²) in [4.78, 5) is 0. The maximum absolute atomic E-state index is 5.60. The Labute approximate surface area is 104 Å². The minimum atomic E-state index is 0.428. The third kappa shape index (κ3) is 2.63. The normalized spacial score (nSPS) is 16.9. The van der Waals surface area contributed by atoms with Crippen LogP contribution in [-0.4, -0.2) is 14.2 Å². The van der Waals surface area contributed by atoms with Gasteiger partial charge < -0.3 is 10.1 Å². The van der Waals surface area contributed by atoms with E-state index in [4.69, 9.17) is 4.74 Å². The zero-order chi connectivity index (χ0) is 12.4. The summed E-state index contributed by atoms with van der Waals surface area (Å²) in [6.45, 7) is 4.28. The van der Waals surface area contributed by atoms with E-state index in [9.17, 15) is 0 Å². The lowest BCUT2D eigenvalue weighted by molar-refractivity contribution is 0.393. The highest BCUT2D eigenvalue weighted by Gasteiger charge is 2.27. The molecule has 1 N–H and O–H groups in total. The van der Waals surface area contributed by atoms with Gasteiger partial charge in [-0.15, -0.1) is 0 Å². The number of hydrogen-bond donors (Lipinski definition) is 1. The Hall–Kier alpha value is -1.02. The van der Waals surface area contributed by atoms with E-state index in [1.165, 1.54) is 36.0 Å². The molecule has 0 saturated heterocycles. The minimum absolute atomic E-state index is 0.428. The van der Waals surface area contributed by atoms with Crippen LogP contribution < -0.4 is 10.1 Å². The zero-order valence-electron chi connectivity index (χ0n) is 11.3. The molecule has 1 unspecified atom stereocenters. The topological polar surface area (TPSA) is 21.3 Å². The maximum atomic E-state index is 5.60. The van der Waals surface area contributed by atoms with Crippen LogP contribution in [0.3, 0.4) is 0 Å². The van der Waals surface area contributed by atoms with Gasteiger partial charge in [0.1, 0.15) is 5.75 Å². The molecule has 1 aromatic carbocycles. The summed E-state index contributed by atoms with van der Waals surface area (Å²) in [5, 5.41) is 3.43. The van der Waals surface area contributed by atoms with E-state index >= 15 is 0 Å². The fourth-order valence-corrected chi connectivity index (χ4v) is 2.44. The number of hydrogen-bond acceptors (Lipinski definition) is 2. The Morgan fingerprint density at radius 3 is 2.59 bits per heavy atom. The van der Waals surface area contributed by atoms with Crippen molar-refractivity contribution in [3.63, 3.8) is 0 Å². The minimum Gasteiger partial charge on any atom is -0.496 e. The standard InChI is InChI=1S/C15H23NO/c1-10-5-8-13(15(17-4)11(10)2)14(16-3)9-12-6-7-12/h5,8,12,14,16H,6-7,9H2,1-4H3. The van der Waals surface area contributed by atoms with Crippen LogP contribution in [0, 0.1) is 19.8 Å². The molecular formula is C15H23NO. The van der Waals surface area contributed by atoms with Gasteiger partial charge in [0.05, 0.1) is 7.11 Å². The van der Waals surface area contributed by atoms with Crippen molar-refractivity contribution in [2.75, 3.05) is 14.2 Å². The zero-order valence-corrected chi connectivity index (χ0v) is 11.3. The molecule has 1 saturated carbocycles. The van der Waals surface area contributed by atoms with Crippen molar-refractivity contribution in [2.24, 2.45) is 5.92 Å². The Kier molecular flexibility index (Phi) is 3.72. The first kappa shape index (κ1) is 12.4. The van der Waals surface area contributed by atoms with Crippen LogP contribution in [0.4, 0.5) is 0 Å². The van der Waals surface area contributed by atoms with Crippen LogP contribution in [0.1, 0.15) is 42.0 Å². The van der Waals surface area contributed by atoms with Crippen molar-refractivity contribution < 1.29 is 4.74 Å². The third-order valence-corrected chi connectivity index (χ3v) is 3.90. The molecule has 94 valence electrons. The summed E-state index contributed by atoms with van der Waals surface area (Å²) in [5.41, 5.74) is 3.87. The monoisotopic (exact) mass is 233 g/mol. The van der Waals surface area contributed by atoms with Gasteiger partial charge >= 0.3 is 0 Å². The van der Waals surface area contributed by atoms with Crippen LogP contribution in [-0.2, 0) is 0 Å².